The van der Waals surface area contributed by atoms with E-state index < -0.39 is 0 Å². The number of hydrogen-bond acceptors (Lipinski definition) is 3. The molecule has 1 fully saturated rings. The van der Waals surface area contributed by atoms with E-state index in [0.717, 1.165) is 36.3 Å². The molecule has 2 atom stereocenters. The Morgan fingerprint density at radius 2 is 2.24 bits per heavy atom. The first kappa shape index (κ1) is 15.5. The van der Waals surface area contributed by atoms with Crippen LogP contribution in [0.1, 0.15) is 49.1 Å². The number of H-pyrrole nitrogens is 1. The number of likely N-dealkylation sites (tertiary alicyclic amines) is 1. The van der Waals surface area contributed by atoms with Crippen LogP contribution >= 0.6 is 0 Å². The Hall–Kier alpha value is -1.85. The smallest absolute Gasteiger partial charge is 0.244 e. The number of aryl methyl sites for hydroxylation is 2. The molecular formula is C15H24N4O2. The van der Waals surface area contributed by atoms with Crippen molar-refractivity contribution in [2.24, 2.45) is 0 Å². The summed E-state index contributed by atoms with van der Waals surface area (Å²) in [6.07, 6.45) is 2.03. The Balaban J connectivity index is 1.94. The normalized spacial score (nSPS) is 20.5. The van der Waals surface area contributed by atoms with Gasteiger partial charge in [0.15, 0.2) is 0 Å². The number of aromatic amines is 1. The molecule has 2 N–H and O–H groups in total. The van der Waals surface area contributed by atoms with Crippen LogP contribution in [0.25, 0.3) is 0 Å². The molecule has 0 aromatic carbocycles. The fraction of sp³-hybridized carbons (Fsp3) is 0.667. The third-order valence-corrected chi connectivity index (χ3v) is 4.17. The maximum Gasteiger partial charge on any atom is 0.244 e. The molecule has 1 aliphatic rings. The van der Waals surface area contributed by atoms with Crippen LogP contribution in [0.3, 0.4) is 0 Å². The molecule has 2 rings (SSSR count). The van der Waals surface area contributed by atoms with E-state index in [0.29, 0.717) is 6.42 Å². The van der Waals surface area contributed by atoms with E-state index in [2.05, 4.69) is 15.5 Å². The number of piperidine rings is 1. The quantitative estimate of drug-likeness (QED) is 0.877. The zero-order valence-corrected chi connectivity index (χ0v) is 13.2. The number of aromatic nitrogens is 2. The summed E-state index contributed by atoms with van der Waals surface area (Å²) in [6, 6.07) is -0.366. The van der Waals surface area contributed by atoms with Crippen molar-refractivity contribution in [3.63, 3.8) is 0 Å². The molecule has 1 aromatic heterocycles. The maximum atomic E-state index is 12.2. The third kappa shape index (κ3) is 3.43. The molecule has 0 unspecified atom stereocenters. The first-order valence-electron chi connectivity index (χ1n) is 7.46. The van der Waals surface area contributed by atoms with E-state index in [1.807, 2.05) is 20.8 Å². The Kier molecular flexibility index (Phi) is 4.65. The number of likely N-dealkylation sites (N-methyl/N-ethyl adjacent to an activating group) is 1. The first-order valence-corrected chi connectivity index (χ1v) is 7.46. The lowest BCUT2D eigenvalue weighted by molar-refractivity contribution is -0.137. The van der Waals surface area contributed by atoms with Crippen LogP contribution < -0.4 is 5.32 Å². The molecule has 0 bridgehead atoms. The maximum absolute atomic E-state index is 12.2. The van der Waals surface area contributed by atoms with Crippen molar-refractivity contribution < 1.29 is 9.59 Å². The predicted molar refractivity (Wildman–Crippen MR) is 79.9 cm³/mol. The van der Waals surface area contributed by atoms with Gasteiger partial charge in [-0.25, -0.2) is 0 Å². The zero-order valence-electron chi connectivity index (χ0n) is 13.2. The van der Waals surface area contributed by atoms with E-state index >= 15 is 0 Å². The Morgan fingerprint density at radius 3 is 2.86 bits per heavy atom. The summed E-state index contributed by atoms with van der Waals surface area (Å²) in [7, 11) is 1.78. The predicted octanol–water partition coefficient (Wildman–Crippen LogP) is 1.26. The van der Waals surface area contributed by atoms with Crippen molar-refractivity contribution in [1.29, 1.82) is 0 Å². The topological polar surface area (TPSA) is 78.1 Å². The second-order valence-electron chi connectivity index (χ2n) is 5.97. The largest absolute Gasteiger partial charge is 0.344 e. The van der Waals surface area contributed by atoms with E-state index in [9.17, 15) is 9.59 Å². The van der Waals surface area contributed by atoms with Gasteiger partial charge < -0.3 is 10.2 Å². The van der Waals surface area contributed by atoms with E-state index in [-0.39, 0.29) is 23.8 Å². The van der Waals surface area contributed by atoms with E-state index in [1.54, 1.807) is 11.9 Å². The van der Waals surface area contributed by atoms with Crippen molar-refractivity contribution in [1.82, 2.24) is 20.4 Å². The van der Waals surface area contributed by atoms with Crippen molar-refractivity contribution >= 4 is 11.8 Å². The number of amides is 2. The van der Waals surface area contributed by atoms with Crippen LogP contribution in [0, 0.1) is 13.8 Å². The van der Waals surface area contributed by atoms with Crippen molar-refractivity contribution in [3.05, 3.63) is 17.0 Å². The average Bonchev–Trinajstić information content (AvgIpc) is 2.74. The molecule has 116 valence electrons. The number of rotatable bonds is 4. The Morgan fingerprint density at radius 1 is 1.52 bits per heavy atom. The number of nitrogens with zero attached hydrogens (tertiary/aromatic N) is 2. The molecule has 2 heterocycles. The first-order chi connectivity index (χ1) is 9.90. The van der Waals surface area contributed by atoms with Crippen LogP contribution in [0.15, 0.2) is 0 Å². The molecular weight excluding hydrogens is 268 g/mol. The van der Waals surface area contributed by atoms with Crippen molar-refractivity contribution in [3.8, 4) is 0 Å². The molecule has 0 saturated carbocycles. The van der Waals surface area contributed by atoms with Crippen LogP contribution in [-0.2, 0) is 9.59 Å². The number of nitrogens with one attached hydrogen (secondary N) is 2. The van der Waals surface area contributed by atoms with Crippen LogP contribution in [0.5, 0.6) is 0 Å². The summed E-state index contributed by atoms with van der Waals surface area (Å²) in [6.45, 7) is 6.69. The van der Waals surface area contributed by atoms with Gasteiger partial charge in [0.05, 0.1) is 5.69 Å². The molecule has 6 heteroatoms. The number of hydrogen-bond donors (Lipinski definition) is 2. The molecule has 2 amide bonds. The van der Waals surface area contributed by atoms with E-state index in [1.165, 1.54) is 0 Å². The SMILES string of the molecule is Cc1n[nH]c(C)c1[C@H](C)CC(=O)N[C@H]1CCCN(C)C1=O. The average molecular weight is 292 g/mol. The number of carbonyl (C=O) groups excluding carboxylic acids is 2. The fourth-order valence-corrected chi connectivity index (χ4v) is 3.09. The minimum absolute atomic E-state index is 0.0120. The van der Waals surface area contributed by atoms with Crippen LogP contribution in [0.2, 0.25) is 0 Å². The highest BCUT2D eigenvalue weighted by molar-refractivity contribution is 5.88. The highest BCUT2D eigenvalue weighted by atomic mass is 16.2. The highest BCUT2D eigenvalue weighted by Crippen LogP contribution is 2.24. The molecule has 1 aromatic rings. The van der Waals surface area contributed by atoms with Crippen LogP contribution in [-0.4, -0.2) is 46.5 Å². The summed E-state index contributed by atoms with van der Waals surface area (Å²) in [5, 5.41) is 9.98. The van der Waals surface area contributed by atoms with Gasteiger partial charge in [0.1, 0.15) is 6.04 Å². The minimum Gasteiger partial charge on any atom is -0.344 e. The summed E-state index contributed by atoms with van der Waals surface area (Å²) in [5.41, 5.74) is 3.03. The van der Waals surface area contributed by atoms with Gasteiger partial charge in [-0.05, 0) is 38.2 Å². The summed E-state index contributed by atoms with van der Waals surface area (Å²) >= 11 is 0. The van der Waals surface area contributed by atoms with Gasteiger partial charge >= 0.3 is 0 Å². The van der Waals surface area contributed by atoms with Gasteiger partial charge in [-0.3, -0.25) is 14.7 Å². The van der Waals surface area contributed by atoms with Crippen LogP contribution in [0.4, 0.5) is 0 Å². The lowest BCUT2D eigenvalue weighted by Gasteiger charge is -2.29. The van der Waals surface area contributed by atoms with Gasteiger partial charge in [-0.2, -0.15) is 5.10 Å². The molecule has 0 spiro atoms. The zero-order chi connectivity index (χ0) is 15.6. The fourth-order valence-electron chi connectivity index (χ4n) is 3.09. The van der Waals surface area contributed by atoms with Gasteiger partial charge in [0, 0.05) is 25.7 Å². The second kappa shape index (κ2) is 6.28. The summed E-state index contributed by atoms with van der Waals surface area (Å²) < 4.78 is 0. The Bertz CT molecular complexity index is 518. The molecule has 21 heavy (non-hydrogen) atoms. The lowest BCUT2D eigenvalue weighted by atomic mass is 9.95. The summed E-state index contributed by atoms with van der Waals surface area (Å²) in [4.78, 5) is 25.8. The second-order valence-corrected chi connectivity index (χ2v) is 5.97. The lowest BCUT2D eigenvalue weighted by Crippen LogP contribution is -2.50. The highest BCUT2D eigenvalue weighted by Gasteiger charge is 2.28. The van der Waals surface area contributed by atoms with E-state index in [4.69, 9.17) is 0 Å². The molecule has 0 radical (unpaired) electrons. The monoisotopic (exact) mass is 292 g/mol. The van der Waals surface area contributed by atoms with Gasteiger partial charge in [-0.15, -0.1) is 0 Å². The van der Waals surface area contributed by atoms with Gasteiger partial charge in [0.25, 0.3) is 0 Å². The summed E-state index contributed by atoms with van der Waals surface area (Å²) in [5.74, 6) is 0.0225. The van der Waals surface area contributed by atoms with Gasteiger partial charge in [-0.1, -0.05) is 6.92 Å². The standard InChI is InChI=1S/C15H24N4O2/c1-9(14-10(2)17-18-11(14)3)8-13(20)16-12-6-5-7-19(4)15(12)21/h9,12H,5-8H2,1-4H3,(H,16,20)(H,17,18)/t9-,12+/m1/s1. The van der Waals surface area contributed by atoms with Crippen molar-refractivity contribution in [2.75, 3.05) is 13.6 Å². The Labute approximate surface area is 125 Å². The molecule has 1 aliphatic heterocycles. The molecule has 1 saturated heterocycles. The minimum atomic E-state index is -0.366. The molecule has 6 nitrogen and oxygen atoms in total. The number of carbonyl (C=O) groups is 2. The molecule has 0 aliphatic carbocycles. The van der Waals surface area contributed by atoms with Crippen molar-refractivity contribution in [2.45, 2.75) is 52.0 Å². The van der Waals surface area contributed by atoms with Gasteiger partial charge in [0.2, 0.25) is 11.8 Å². The third-order valence-electron chi connectivity index (χ3n) is 4.17.